The van der Waals surface area contributed by atoms with Crippen LogP contribution in [0.3, 0.4) is 0 Å². The van der Waals surface area contributed by atoms with Crippen molar-refractivity contribution in [2.75, 3.05) is 6.54 Å². The Morgan fingerprint density at radius 3 is 2.56 bits per heavy atom. The standard InChI is InChI=1S/C23H20F3N5O/c1-12-21-15(22(30(3)28-21)13-8-17(24)20(26)18(25)9-13)5-7-31(12)23(32)16-10-27-11-19-14(16)4-6-29(19)2/h4,6,8-12H,5,7H2,1-3H3. The van der Waals surface area contributed by atoms with E-state index in [4.69, 9.17) is 0 Å². The van der Waals surface area contributed by atoms with E-state index < -0.39 is 17.5 Å². The fourth-order valence-corrected chi connectivity index (χ4v) is 4.58. The number of aryl methyl sites for hydroxylation is 2. The minimum atomic E-state index is -1.50. The van der Waals surface area contributed by atoms with Gasteiger partial charge in [0.1, 0.15) is 0 Å². The molecule has 0 bridgehead atoms. The van der Waals surface area contributed by atoms with Crippen LogP contribution in [0.15, 0.2) is 36.8 Å². The van der Waals surface area contributed by atoms with E-state index in [-0.39, 0.29) is 17.5 Å². The van der Waals surface area contributed by atoms with Gasteiger partial charge in [-0.05, 0) is 31.5 Å². The molecule has 9 heteroatoms. The molecular weight excluding hydrogens is 419 g/mol. The summed E-state index contributed by atoms with van der Waals surface area (Å²) in [5.74, 6) is -4.16. The SMILES string of the molecule is CC1c2nn(C)c(-c3cc(F)c(F)c(F)c3)c2CCN1C(=O)c1cncc2c1ccn2C. The zero-order valence-corrected chi connectivity index (χ0v) is 17.7. The van der Waals surface area contributed by atoms with Crippen molar-refractivity contribution in [1.29, 1.82) is 0 Å². The third-order valence-corrected chi connectivity index (χ3v) is 6.20. The Kier molecular flexibility index (Phi) is 4.58. The molecule has 1 amide bonds. The van der Waals surface area contributed by atoms with Gasteiger partial charge < -0.3 is 9.47 Å². The van der Waals surface area contributed by atoms with Gasteiger partial charge in [0.05, 0.1) is 34.7 Å². The molecule has 1 aromatic carbocycles. The third-order valence-electron chi connectivity index (χ3n) is 6.20. The van der Waals surface area contributed by atoms with Crippen molar-refractivity contribution in [3.05, 3.63) is 71.1 Å². The summed E-state index contributed by atoms with van der Waals surface area (Å²) in [6.45, 7) is 2.28. The van der Waals surface area contributed by atoms with Gasteiger partial charge in [-0.25, -0.2) is 13.2 Å². The molecule has 0 saturated heterocycles. The van der Waals surface area contributed by atoms with Gasteiger partial charge in [0.15, 0.2) is 17.5 Å². The van der Waals surface area contributed by atoms with Gasteiger partial charge in [-0.15, -0.1) is 0 Å². The second kappa shape index (κ2) is 7.22. The Hall–Kier alpha value is -3.62. The lowest BCUT2D eigenvalue weighted by molar-refractivity contribution is 0.0675. The number of carbonyl (C=O) groups is 1. The van der Waals surface area contributed by atoms with Crippen LogP contribution < -0.4 is 0 Å². The zero-order chi connectivity index (χ0) is 22.7. The van der Waals surface area contributed by atoms with Gasteiger partial charge in [0.25, 0.3) is 5.91 Å². The third kappa shape index (κ3) is 2.91. The summed E-state index contributed by atoms with van der Waals surface area (Å²) in [5, 5.41) is 5.37. The molecule has 1 atom stereocenters. The molecule has 0 N–H and O–H groups in total. The molecule has 3 aromatic heterocycles. The number of amides is 1. The number of aromatic nitrogens is 4. The summed E-state index contributed by atoms with van der Waals surface area (Å²) in [5.41, 5.74) is 3.55. The van der Waals surface area contributed by atoms with Crippen LogP contribution in [-0.4, -0.2) is 36.7 Å². The van der Waals surface area contributed by atoms with Crippen molar-refractivity contribution in [2.45, 2.75) is 19.4 Å². The average Bonchev–Trinajstić information content (AvgIpc) is 3.31. The van der Waals surface area contributed by atoms with Crippen LogP contribution >= 0.6 is 0 Å². The summed E-state index contributed by atoms with van der Waals surface area (Å²) >= 11 is 0. The molecule has 0 saturated carbocycles. The van der Waals surface area contributed by atoms with Crippen LogP contribution in [0.25, 0.3) is 22.2 Å². The number of halogens is 3. The smallest absolute Gasteiger partial charge is 0.256 e. The number of rotatable bonds is 2. The second-order valence-electron chi connectivity index (χ2n) is 8.06. The first-order valence-electron chi connectivity index (χ1n) is 10.2. The van der Waals surface area contributed by atoms with Crippen LogP contribution in [0.2, 0.25) is 0 Å². The number of hydrogen-bond acceptors (Lipinski definition) is 3. The first-order chi connectivity index (χ1) is 15.3. The molecule has 0 radical (unpaired) electrons. The fraction of sp³-hybridized carbons (Fsp3) is 0.261. The monoisotopic (exact) mass is 439 g/mol. The van der Waals surface area contributed by atoms with Gasteiger partial charge in [0.2, 0.25) is 0 Å². The minimum Gasteiger partial charge on any atom is -0.349 e. The summed E-state index contributed by atoms with van der Waals surface area (Å²) < 4.78 is 44.6. The van der Waals surface area contributed by atoms with Crippen LogP contribution in [0, 0.1) is 17.5 Å². The first-order valence-corrected chi connectivity index (χ1v) is 10.2. The molecular formula is C23H20F3N5O. The van der Waals surface area contributed by atoms with Crippen LogP contribution in [0.5, 0.6) is 0 Å². The molecule has 4 heterocycles. The lowest BCUT2D eigenvalue weighted by Gasteiger charge is -2.33. The number of carbonyl (C=O) groups excluding carboxylic acids is 1. The highest BCUT2D eigenvalue weighted by Crippen LogP contribution is 2.37. The van der Waals surface area contributed by atoms with Crippen molar-refractivity contribution >= 4 is 16.8 Å². The molecule has 0 spiro atoms. The molecule has 1 aliphatic heterocycles. The molecule has 5 rings (SSSR count). The van der Waals surface area contributed by atoms with Crippen molar-refractivity contribution in [3.63, 3.8) is 0 Å². The Morgan fingerprint density at radius 1 is 1.12 bits per heavy atom. The predicted octanol–water partition coefficient (Wildman–Crippen LogP) is 4.15. The molecule has 1 aliphatic rings. The van der Waals surface area contributed by atoms with Gasteiger partial charge in [-0.3, -0.25) is 14.5 Å². The number of benzene rings is 1. The van der Waals surface area contributed by atoms with Gasteiger partial charge >= 0.3 is 0 Å². The Morgan fingerprint density at radius 2 is 1.84 bits per heavy atom. The number of fused-ring (bicyclic) bond motifs is 2. The van der Waals surface area contributed by atoms with E-state index >= 15 is 0 Å². The molecule has 0 fully saturated rings. The van der Waals surface area contributed by atoms with Crippen molar-refractivity contribution in [1.82, 2.24) is 24.2 Å². The predicted molar refractivity (Wildman–Crippen MR) is 112 cm³/mol. The molecule has 0 aliphatic carbocycles. The van der Waals surface area contributed by atoms with Crippen LogP contribution in [0.4, 0.5) is 13.2 Å². The van der Waals surface area contributed by atoms with E-state index in [0.29, 0.717) is 29.9 Å². The van der Waals surface area contributed by atoms with E-state index in [1.165, 1.54) is 4.68 Å². The maximum Gasteiger partial charge on any atom is 0.256 e. The normalized spacial score (nSPS) is 15.9. The topological polar surface area (TPSA) is 56.0 Å². The lowest BCUT2D eigenvalue weighted by atomic mass is 9.95. The lowest BCUT2D eigenvalue weighted by Crippen LogP contribution is -2.39. The Balaban J connectivity index is 1.54. The maximum absolute atomic E-state index is 13.9. The van der Waals surface area contributed by atoms with Gasteiger partial charge in [-0.1, -0.05) is 0 Å². The molecule has 4 aromatic rings. The Labute approximate surface area is 181 Å². The van der Waals surface area contributed by atoms with Crippen molar-refractivity contribution in [2.24, 2.45) is 14.1 Å². The largest absolute Gasteiger partial charge is 0.349 e. The second-order valence-corrected chi connectivity index (χ2v) is 8.06. The average molecular weight is 439 g/mol. The van der Waals surface area contributed by atoms with E-state index in [0.717, 1.165) is 28.6 Å². The maximum atomic E-state index is 13.9. The van der Waals surface area contributed by atoms with Gasteiger partial charge in [-0.2, -0.15) is 5.10 Å². The fourth-order valence-electron chi connectivity index (χ4n) is 4.58. The zero-order valence-electron chi connectivity index (χ0n) is 17.7. The first kappa shape index (κ1) is 20.3. The van der Waals surface area contributed by atoms with Crippen molar-refractivity contribution in [3.8, 4) is 11.3 Å². The summed E-state index contributed by atoms with van der Waals surface area (Å²) in [4.78, 5) is 19.4. The van der Waals surface area contributed by atoms with Crippen molar-refractivity contribution < 1.29 is 18.0 Å². The van der Waals surface area contributed by atoms with E-state index in [1.807, 2.05) is 30.8 Å². The number of hydrogen-bond donors (Lipinski definition) is 0. The quantitative estimate of drug-likeness (QED) is 0.441. The summed E-state index contributed by atoms with van der Waals surface area (Å²) in [6.07, 6.45) is 5.62. The van der Waals surface area contributed by atoms with Gasteiger partial charge in [0, 0.05) is 49.5 Å². The summed E-state index contributed by atoms with van der Waals surface area (Å²) in [7, 11) is 3.56. The minimum absolute atomic E-state index is 0.154. The van der Waals surface area contributed by atoms with E-state index in [9.17, 15) is 18.0 Å². The highest BCUT2D eigenvalue weighted by Gasteiger charge is 2.34. The molecule has 1 unspecified atom stereocenters. The highest BCUT2D eigenvalue weighted by atomic mass is 19.2. The molecule has 32 heavy (non-hydrogen) atoms. The van der Waals surface area contributed by atoms with E-state index in [2.05, 4.69) is 10.1 Å². The molecule has 164 valence electrons. The number of pyridine rings is 1. The highest BCUT2D eigenvalue weighted by molar-refractivity contribution is 6.06. The van der Waals surface area contributed by atoms with Crippen LogP contribution in [0.1, 0.15) is 34.6 Å². The Bertz CT molecular complexity index is 1370. The van der Waals surface area contributed by atoms with Crippen LogP contribution in [-0.2, 0) is 20.5 Å². The number of nitrogens with zero attached hydrogens (tertiary/aromatic N) is 5. The van der Waals surface area contributed by atoms with E-state index in [1.54, 1.807) is 24.3 Å². The summed E-state index contributed by atoms with van der Waals surface area (Å²) in [6, 6.07) is 3.47. The molecule has 6 nitrogen and oxygen atoms in total.